The molecule has 8 aromatic rings. The maximum absolute atomic E-state index is 4.51. The van der Waals surface area contributed by atoms with Crippen LogP contribution >= 0.6 is 0 Å². The molecule has 0 amide bonds. The molecule has 2 heterocycles. The molecule has 8 rings (SSSR count). The summed E-state index contributed by atoms with van der Waals surface area (Å²) in [6.07, 6.45) is 3.68. The SMILES string of the molecule is c1ccc(-c2ccc(-c3ccc4ccc5c(-c6ccc(-c7ccccn7)cc6)ccc6ccc3c4c65)cc2)nc1. The molecule has 0 aliphatic rings. The van der Waals surface area contributed by atoms with Gasteiger partial charge in [0.15, 0.2) is 0 Å². The predicted octanol–water partition coefficient (Wildman–Crippen LogP) is 10.0. The van der Waals surface area contributed by atoms with Crippen LogP contribution in [0.15, 0.2) is 146 Å². The lowest BCUT2D eigenvalue weighted by Crippen LogP contribution is -1.90. The highest BCUT2D eigenvalue weighted by atomic mass is 14.7. The van der Waals surface area contributed by atoms with E-state index in [2.05, 4.69) is 119 Å². The molecule has 0 unspecified atom stereocenters. The minimum Gasteiger partial charge on any atom is -0.256 e. The Bertz CT molecular complexity index is 1960. The van der Waals surface area contributed by atoms with Crippen LogP contribution in [0.2, 0.25) is 0 Å². The van der Waals surface area contributed by atoms with Gasteiger partial charge in [0.05, 0.1) is 11.4 Å². The summed E-state index contributed by atoms with van der Waals surface area (Å²) in [5, 5.41) is 7.75. The minimum absolute atomic E-state index is 0.991. The highest BCUT2D eigenvalue weighted by molar-refractivity contribution is 6.27. The van der Waals surface area contributed by atoms with Crippen molar-refractivity contribution in [2.45, 2.75) is 0 Å². The summed E-state index contributed by atoms with van der Waals surface area (Å²) in [5.74, 6) is 0. The van der Waals surface area contributed by atoms with Crippen LogP contribution < -0.4 is 0 Å². The number of nitrogens with zero attached hydrogens (tertiary/aromatic N) is 2. The highest BCUT2D eigenvalue weighted by Crippen LogP contribution is 2.42. The Kier molecular flexibility index (Phi) is 5.17. The van der Waals surface area contributed by atoms with Gasteiger partial charge < -0.3 is 0 Å². The number of rotatable bonds is 4. The van der Waals surface area contributed by atoms with Crippen molar-refractivity contribution >= 4 is 32.3 Å². The van der Waals surface area contributed by atoms with Crippen molar-refractivity contribution in [1.82, 2.24) is 9.97 Å². The Balaban J connectivity index is 1.27. The molecular formula is C38H24N2. The zero-order valence-electron chi connectivity index (χ0n) is 21.8. The van der Waals surface area contributed by atoms with E-state index in [1.807, 2.05) is 36.7 Å². The zero-order valence-corrected chi connectivity index (χ0v) is 21.8. The second-order valence-corrected chi connectivity index (χ2v) is 10.2. The first-order valence-electron chi connectivity index (χ1n) is 13.6. The van der Waals surface area contributed by atoms with E-state index < -0.39 is 0 Å². The first-order chi connectivity index (χ1) is 19.8. The van der Waals surface area contributed by atoms with E-state index in [9.17, 15) is 0 Å². The monoisotopic (exact) mass is 508 g/mol. The molecule has 0 saturated heterocycles. The fourth-order valence-corrected chi connectivity index (χ4v) is 6.01. The van der Waals surface area contributed by atoms with Gasteiger partial charge in [-0.2, -0.15) is 0 Å². The van der Waals surface area contributed by atoms with Crippen molar-refractivity contribution in [3.05, 3.63) is 146 Å². The lowest BCUT2D eigenvalue weighted by Gasteiger charge is -2.17. The van der Waals surface area contributed by atoms with E-state index in [1.165, 1.54) is 54.6 Å². The van der Waals surface area contributed by atoms with Gasteiger partial charge in [0.25, 0.3) is 0 Å². The Morgan fingerprint density at radius 2 is 0.725 bits per heavy atom. The van der Waals surface area contributed by atoms with Gasteiger partial charge in [-0.1, -0.05) is 109 Å². The molecule has 6 aromatic carbocycles. The second-order valence-electron chi connectivity index (χ2n) is 10.2. The van der Waals surface area contributed by atoms with E-state index in [1.54, 1.807) is 0 Å². The van der Waals surface area contributed by atoms with Gasteiger partial charge >= 0.3 is 0 Å². The Morgan fingerprint density at radius 3 is 1.12 bits per heavy atom. The van der Waals surface area contributed by atoms with Crippen LogP contribution in [0.3, 0.4) is 0 Å². The zero-order chi connectivity index (χ0) is 26.5. The number of hydrogen-bond donors (Lipinski definition) is 0. The largest absolute Gasteiger partial charge is 0.256 e. The summed E-state index contributed by atoms with van der Waals surface area (Å²) in [7, 11) is 0. The smallest absolute Gasteiger partial charge is 0.0701 e. The van der Waals surface area contributed by atoms with Crippen molar-refractivity contribution in [2.24, 2.45) is 0 Å². The molecule has 2 heteroatoms. The minimum atomic E-state index is 0.991. The van der Waals surface area contributed by atoms with Gasteiger partial charge in [-0.15, -0.1) is 0 Å². The summed E-state index contributed by atoms with van der Waals surface area (Å²) in [4.78, 5) is 9.01. The van der Waals surface area contributed by atoms with Gasteiger partial charge in [-0.05, 0) is 78.8 Å². The van der Waals surface area contributed by atoms with E-state index in [-0.39, 0.29) is 0 Å². The fraction of sp³-hybridized carbons (Fsp3) is 0. The van der Waals surface area contributed by atoms with Crippen LogP contribution in [0.5, 0.6) is 0 Å². The molecule has 0 atom stereocenters. The Labute approximate surface area is 232 Å². The maximum atomic E-state index is 4.51. The molecule has 0 bridgehead atoms. The lowest BCUT2D eigenvalue weighted by atomic mass is 9.87. The Morgan fingerprint density at radius 1 is 0.325 bits per heavy atom. The third-order valence-corrected chi connectivity index (χ3v) is 7.98. The van der Waals surface area contributed by atoms with Gasteiger partial charge in [0.1, 0.15) is 0 Å². The number of benzene rings is 6. The van der Waals surface area contributed by atoms with E-state index in [0.29, 0.717) is 0 Å². The topological polar surface area (TPSA) is 25.8 Å². The van der Waals surface area contributed by atoms with Gasteiger partial charge in [0.2, 0.25) is 0 Å². The summed E-state index contributed by atoms with van der Waals surface area (Å²) in [6.45, 7) is 0. The molecule has 0 radical (unpaired) electrons. The summed E-state index contributed by atoms with van der Waals surface area (Å²) in [5.41, 5.74) is 9.15. The highest BCUT2D eigenvalue weighted by Gasteiger charge is 2.15. The molecule has 186 valence electrons. The molecule has 0 aliphatic heterocycles. The molecule has 0 aliphatic carbocycles. The van der Waals surface area contributed by atoms with Crippen molar-refractivity contribution in [1.29, 1.82) is 0 Å². The normalized spacial score (nSPS) is 11.5. The first kappa shape index (κ1) is 22.6. The van der Waals surface area contributed by atoms with Crippen molar-refractivity contribution < 1.29 is 0 Å². The molecule has 0 saturated carbocycles. The number of pyridine rings is 2. The first-order valence-corrected chi connectivity index (χ1v) is 13.6. The molecule has 2 aromatic heterocycles. The number of hydrogen-bond acceptors (Lipinski definition) is 2. The summed E-state index contributed by atoms with van der Waals surface area (Å²) in [6, 6.07) is 47.7. The van der Waals surface area contributed by atoms with Crippen LogP contribution in [-0.2, 0) is 0 Å². The third kappa shape index (κ3) is 3.65. The van der Waals surface area contributed by atoms with E-state index in [4.69, 9.17) is 0 Å². The summed E-state index contributed by atoms with van der Waals surface area (Å²) < 4.78 is 0. The lowest BCUT2D eigenvalue weighted by molar-refractivity contribution is 1.33. The molecule has 0 spiro atoms. The van der Waals surface area contributed by atoms with Crippen LogP contribution in [0, 0.1) is 0 Å². The quantitative estimate of drug-likeness (QED) is 0.221. The molecule has 40 heavy (non-hydrogen) atoms. The van der Waals surface area contributed by atoms with Crippen LogP contribution in [0.1, 0.15) is 0 Å². The van der Waals surface area contributed by atoms with Crippen molar-refractivity contribution in [2.75, 3.05) is 0 Å². The van der Waals surface area contributed by atoms with Crippen LogP contribution in [-0.4, -0.2) is 9.97 Å². The molecular weight excluding hydrogens is 484 g/mol. The summed E-state index contributed by atoms with van der Waals surface area (Å²) >= 11 is 0. The van der Waals surface area contributed by atoms with Gasteiger partial charge in [0, 0.05) is 23.5 Å². The average molecular weight is 509 g/mol. The van der Waals surface area contributed by atoms with E-state index >= 15 is 0 Å². The van der Waals surface area contributed by atoms with Crippen molar-refractivity contribution in [3.8, 4) is 44.8 Å². The van der Waals surface area contributed by atoms with Crippen molar-refractivity contribution in [3.63, 3.8) is 0 Å². The second kappa shape index (κ2) is 9.14. The molecule has 2 nitrogen and oxygen atoms in total. The van der Waals surface area contributed by atoms with Gasteiger partial charge in [-0.25, -0.2) is 0 Å². The third-order valence-electron chi connectivity index (χ3n) is 7.98. The maximum Gasteiger partial charge on any atom is 0.0701 e. The van der Waals surface area contributed by atoms with E-state index in [0.717, 1.165) is 22.5 Å². The standard InChI is InChI=1S/C38H24N2/c1-3-23-39-35(5-1)27-11-7-25(8-12-27)31-19-15-29-18-22-34-32(20-16-30-17-21-33(31)37(29)38(30)34)26-9-13-28(14-10-26)36-6-2-4-24-40-36/h1-24H. The average Bonchev–Trinajstić information content (AvgIpc) is 3.04. The van der Waals surface area contributed by atoms with Crippen LogP contribution in [0.25, 0.3) is 77.1 Å². The van der Waals surface area contributed by atoms with Crippen LogP contribution in [0.4, 0.5) is 0 Å². The molecule has 0 N–H and O–H groups in total. The Hall–Kier alpha value is -5.34. The number of aromatic nitrogens is 2. The predicted molar refractivity (Wildman–Crippen MR) is 167 cm³/mol. The molecule has 0 fully saturated rings. The van der Waals surface area contributed by atoms with Gasteiger partial charge in [-0.3, -0.25) is 9.97 Å². The fourth-order valence-electron chi connectivity index (χ4n) is 6.01.